The van der Waals surface area contributed by atoms with Crippen LogP contribution in [0.5, 0.6) is 0 Å². The standard InChI is InChI=1S/C20H20ClNO3/c21-17-9-5-4-6-15(17)14-18(23)22-12-10-20(11-13-22,19(24)25)16-7-2-1-3-8-16/h1-9H,10-14H2,(H,24,25). The van der Waals surface area contributed by atoms with Crippen molar-refractivity contribution in [1.29, 1.82) is 0 Å². The van der Waals surface area contributed by atoms with Crippen molar-refractivity contribution in [2.24, 2.45) is 0 Å². The second-order valence-electron chi connectivity index (χ2n) is 6.40. The van der Waals surface area contributed by atoms with Gasteiger partial charge in [-0.1, -0.05) is 60.1 Å². The fraction of sp³-hybridized carbons (Fsp3) is 0.300. The molecule has 1 heterocycles. The molecular weight excluding hydrogens is 338 g/mol. The van der Waals surface area contributed by atoms with E-state index in [2.05, 4.69) is 0 Å². The average molecular weight is 358 g/mol. The Kier molecular flexibility index (Phi) is 5.09. The average Bonchev–Trinajstić information content (AvgIpc) is 2.64. The first-order valence-electron chi connectivity index (χ1n) is 8.33. The van der Waals surface area contributed by atoms with Crippen LogP contribution in [0.3, 0.4) is 0 Å². The van der Waals surface area contributed by atoms with Crippen LogP contribution in [0.1, 0.15) is 24.0 Å². The number of halogens is 1. The van der Waals surface area contributed by atoms with Crippen molar-refractivity contribution >= 4 is 23.5 Å². The van der Waals surface area contributed by atoms with Crippen LogP contribution in [0.25, 0.3) is 0 Å². The van der Waals surface area contributed by atoms with Crippen LogP contribution in [0.2, 0.25) is 5.02 Å². The van der Waals surface area contributed by atoms with E-state index in [9.17, 15) is 14.7 Å². The van der Waals surface area contributed by atoms with Gasteiger partial charge in [-0.15, -0.1) is 0 Å². The van der Waals surface area contributed by atoms with Crippen molar-refractivity contribution < 1.29 is 14.7 Å². The molecule has 0 aliphatic carbocycles. The van der Waals surface area contributed by atoms with Gasteiger partial charge in [0.05, 0.1) is 11.8 Å². The number of amides is 1. The molecule has 1 saturated heterocycles. The second-order valence-corrected chi connectivity index (χ2v) is 6.81. The van der Waals surface area contributed by atoms with Gasteiger partial charge in [-0.05, 0) is 30.0 Å². The van der Waals surface area contributed by atoms with Crippen LogP contribution in [-0.4, -0.2) is 35.0 Å². The number of rotatable bonds is 4. The van der Waals surface area contributed by atoms with Gasteiger partial charge in [-0.2, -0.15) is 0 Å². The fourth-order valence-electron chi connectivity index (χ4n) is 3.44. The zero-order valence-corrected chi connectivity index (χ0v) is 14.6. The van der Waals surface area contributed by atoms with Crippen LogP contribution >= 0.6 is 11.6 Å². The van der Waals surface area contributed by atoms with Gasteiger partial charge in [0.15, 0.2) is 0 Å². The van der Waals surface area contributed by atoms with Crippen molar-refractivity contribution in [2.75, 3.05) is 13.1 Å². The molecule has 0 bridgehead atoms. The highest BCUT2D eigenvalue weighted by Crippen LogP contribution is 2.36. The first kappa shape index (κ1) is 17.5. The molecule has 1 fully saturated rings. The molecule has 1 N–H and O–H groups in total. The minimum Gasteiger partial charge on any atom is -0.481 e. The third kappa shape index (κ3) is 3.54. The quantitative estimate of drug-likeness (QED) is 0.910. The van der Waals surface area contributed by atoms with Crippen LogP contribution in [0.4, 0.5) is 0 Å². The Hall–Kier alpha value is -2.33. The largest absolute Gasteiger partial charge is 0.481 e. The number of carbonyl (C=O) groups excluding carboxylic acids is 1. The van der Waals surface area contributed by atoms with Crippen molar-refractivity contribution in [3.05, 3.63) is 70.7 Å². The van der Waals surface area contributed by atoms with Gasteiger partial charge in [0.1, 0.15) is 0 Å². The molecule has 2 aromatic rings. The highest BCUT2D eigenvalue weighted by atomic mass is 35.5. The zero-order chi connectivity index (χ0) is 17.9. The van der Waals surface area contributed by atoms with E-state index < -0.39 is 11.4 Å². The second kappa shape index (κ2) is 7.28. The Morgan fingerprint density at radius 2 is 1.60 bits per heavy atom. The Balaban J connectivity index is 1.71. The summed E-state index contributed by atoms with van der Waals surface area (Å²) in [4.78, 5) is 26.3. The number of piperidine rings is 1. The van der Waals surface area contributed by atoms with Crippen molar-refractivity contribution in [3.63, 3.8) is 0 Å². The molecule has 0 spiro atoms. The van der Waals surface area contributed by atoms with Crippen LogP contribution in [-0.2, 0) is 21.4 Å². The topological polar surface area (TPSA) is 57.6 Å². The van der Waals surface area contributed by atoms with E-state index in [1.807, 2.05) is 48.5 Å². The number of carbonyl (C=O) groups is 2. The lowest BCUT2D eigenvalue weighted by Gasteiger charge is -2.39. The van der Waals surface area contributed by atoms with Crippen molar-refractivity contribution in [3.8, 4) is 0 Å². The molecule has 1 aliphatic rings. The van der Waals surface area contributed by atoms with Crippen molar-refractivity contribution in [2.45, 2.75) is 24.7 Å². The molecule has 0 atom stereocenters. The maximum absolute atomic E-state index is 12.6. The van der Waals surface area contributed by atoms with E-state index in [0.717, 1.165) is 11.1 Å². The van der Waals surface area contributed by atoms with E-state index in [0.29, 0.717) is 31.0 Å². The zero-order valence-electron chi connectivity index (χ0n) is 13.8. The summed E-state index contributed by atoms with van der Waals surface area (Å²) >= 11 is 6.13. The third-order valence-corrected chi connectivity index (χ3v) is 5.37. The third-order valence-electron chi connectivity index (χ3n) is 5.00. The van der Waals surface area contributed by atoms with Gasteiger partial charge in [-0.3, -0.25) is 9.59 Å². The SMILES string of the molecule is O=C(Cc1ccccc1Cl)N1CCC(C(=O)O)(c2ccccc2)CC1. The highest BCUT2D eigenvalue weighted by molar-refractivity contribution is 6.31. The summed E-state index contributed by atoms with van der Waals surface area (Å²) in [6.45, 7) is 0.870. The smallest absolute Gasteiger partial charge is 0.314 e. The van der Waals surface area contributed by atoms with Gasteiger partial charge in [0, 0.05) is 18.1 Å². The predicted molar refractivity (Wildman–Crippen MR) is 96.7 cm³/mol. The molecule has 3 rings (SSSR count). The fourth-order valence-corrected chi connectivity index (χ4v) is 3.64. The van der Waals surface area contributed by atoms with E-state index in [-0.39, 0.29) is 12.3 Å². The van der Waals surface area contributed by atoms with Gasteiger partial charge in [0.25, 0.3) is 0 Å². The normalized spacial score (nSPS) is 16.4. The Bertz CT molecular complexity index is 768. The lowest BCUT2D eigenvalue weighted by Crippen LogP contribution is -2.49. The number of benzene rings is 2. The monoisotopic (exact) mass is 357 g/mol. The Labute approximate surface area is 152 Å². The first-order valence-corrected chi connectivity index (χ1v) is 8.71. The summed E-state index contributed by atoms with van der Waals surface area (Å²) in [6, 6.07) is 16.6. The predicted octanol–water partition coefficient (Wildman–Crippen LogP) is 3.53. The highest BCUT2D eigenvalue weighted by Gasteiger charge is 2.43. The van der Waals surface area contributed by atoms with Gasteiger partial charge in [-0.25, -0.2) is 0 Å². The lowest BCUT2D eigenvalue weighted by atomic mass is 9.73. The number of hydrogen-bond acceptors (Lipinski definition) is 2. The van der Waals surface area contributed by atoms with E-state index in [1.54, 1.807) is 11.0 Å². The maximum Gasteiger partial charge on any atom is 0.314 e. The van der Waals surface area contributed by atoms with Gasteiger partial charge >= 0.3 is 5.97 Å². The number of carboxylic acids is 1. The molecule has 130 valence electrons. The van der Waals surface area contributed by atoms with E-state index in [4.69, 9.17) is 11.6 Å². The van der Waals surface area contributed by atoms with Gasteiger partial charge in [0.2, 0.25) is 5.91 Å². The Morgan fingerprint density at radius 1 is 1.00 bits per heavy atom. The molecule has 0 unspecified atom stereocenters. The molecule has 0 radical (unpaired) electrons. The maximum atomic E-state index is 12.6. The van der Waals surface area contributed by atoms with Crippen LogP contribution in [0.15, 0.2) is 54.6 Å². The van der Waals surface area contributed by atoms with E-state index in [1.165, 1.54) is 0 Å². The van der Waals surface area contributed by atoms with Gasteiger partial charge < -0.3 is 10.0 Å². The number of likely N-dealkylation sites (tertiary alicyclic amines) is 1. The molecule has 5 heteroatoms. The summed E-state index contributed by atoms with van der Waals surface area (Å²) in [5.74, 6) is -0.836. The van der Waals surface area contributed by atoms with Crippen molar-refractivity contribution in [1.82, 2.24) is 4.90 Å². The molecule has 4 nitrogen and oxygen atoms in total. The lowest BCUT2D eigenvalue weighted by molar-refractivity contribution is -0.148. The molecule has 0 aromatic heterocycles. The molecule has 25 heavy (non-hydrogen) atoms. The van der Waals surface area contributed by atoms with Crippen LogP contribution in [0, 0.1) is 0 Å². The summed E-state index contributed by atoms with van der Waals surface area (Å²) in [6.07, 6.45) is 1.08. The number of aliphatic carboxylic acids is 1. The first-order chi connectivity index (χ1) is 12.0. The molecular formula is C20H20ClNO3. The minimum atomic E-state index is -0.914. The minimum absolute atomic E-state index is 0.0137. The summed E-state index contributed by atoms with van der Waals surface area (Å²) in [5.41, 5.74) is 0.690. The molecule has 2 aromatic carbocycles. The number of nitrogens with zero attached hydrogens (tertiary/aromatic N) is 1. The van der Waals surface area contributed by atoms with Crippen LogP contribution < -0.4 is 0 Å². The van der Waals surface area contributed by atoms with E-state index >= 15 is 0 Å². The summed E-state index contributed by atoms with van der Waals surface area (Å²) < 4.78 is 0. The summed E-state index contributed by atoms with van der Waals surface area (Å²) in [7, 11) is 0. The Morgan fingerprint density at radius 3 is 2.20 bits per heavy atom. The molecule has 0 saturated carbocycles. The molecule has 1 amide bonds. The summed E-state index contributed by atoms with van der Waals surface area (Å²) in [5, 5.41) is 10.4. The number of hydrogen-bond donors (Lipinski definition) is 1. The molecule has 1 aliphatic heterocycles. The number of carboxylic acid groups (broad SMARTS) is 1.